The van der Waals surface area contributed by atoms with E-state index in [-0.39, 0.29) is 12.5 Å². The lowest BCUT2D eigenvalue weighted by molar-refractivity contribution is -0.302. The maximum absolute atomic E-state index is 12.9. The van der Waals surface area contributed by atoms with Crippen LogP contribution in [0.5, 0.6) is 0 Å². The molecule has 7 atom stereocenters. The molecule has 1 aliphatic rings. The van der Waals surface area contributed by atoms with Gasteiger partial charge >= 0.3 is 0 Å². The number of nitrogens with one attached hydrogen (secondary N) is 1. The van der Waals surface area contributed by atoms with Crippen molar-refractivity contribution in [3.05, 3.63) is 24.3 Å². The van der Waals surface area contributed by atoms with Gasteiger partial charge in [0, 0.05) is 6.42 Å². The van der Waals surface area contributed by atoms with Crippen molar-refractivity contribution in [2.45, 2.75) is 243 Å². The minimum absolute atomic E-state index is 0.192. The molecule has 6 N–H and O–H groups in total. The number of amides is 1. The third-order valence-corrected chi connectivity index (χ3v) is 10.8. The van der Waals surface area contributed by atoms with Gasteiger partial charge in [-0.15, -0.1) is 0 Å². The molecule has 7 unspecified atom stereocenters. The fourth-order valence-corrected chi connectivity index (χ4v) is 7.09. The molecule has 0 aromatic heterocycles. The molecule has 0 bridgehead atoms. The van der Waals surface area contributed by atoms with E-state index in [4.69, 9.17) is 9.47 Å². The zero-order valence-corrected chi connectivity index (χ0v) is 34.7. The lowest BCUT2D eigenvalue weighted by Crippen LogP contribution is -2.60. The number of allylic oxidation sites excluding steroid dienone is 3. The monoisotopic (exact) mass is 768 g/mol. The summed E-state index contributed by atoms with van der Waals surface area (Å²) in [7, 11) is 0. The molecule has 0 saturated carbocycles. The molecule has 0 radical (unpaired) electrons. The van der Waals surface area contributed by atoms with E-state index in [9.17, 15) is 30.3 Å². The normalized spacial score (nSPS) is 21.6. The van der Waals surface area contributed by atoms with E-state index in [1.165, 1.54) is 128 Å². The van der Waals surface area contributed by atoms with Crippen molar-refractivity contribution >= 4 is 5.91 Å². The van der Waals surface area contributed by atoms with E-state index < -0.39 is 49.5 Å². The molecule has 1 amide bonds. The van der Waals surface area contributed by atoms with Crippen molar-refractivity contribution in [1.29, 1.82) is 0 Å². The number of aliphatic hydroxyl groups excluding tert-OH is 5. The summed E-state index contributed by atoms with van der Waals surface area (Å²) < 4.78 is 11.2. The lowest BCUT2D eigenvalue weighted by atomic mass is 9.99. The van der Waals surface area contributed by atoms with E-state index >= 15 is 0 Å². The number of rotatable bonds is 37. The standard InChI is InChI=1S/C45H85NO8/c1-3-5-7-9-11-13-15-17-18-19-20-21-23-24-26-28-30-32-34-39(48)38(37-53-45-44(52)43(51)42(50)40(36-47)54-45)46-41(49)35-33-31-29-27-25-22-16-14-12-10-8-6-4-2/h22,25,32,34,38-40,42-45,47-48,50-52H,3-21,23-24,26-31,33,35-37H2,1-2H3,(H,46,49)/b25-22-,34-32+. The Kier molecular flexibility index (Phi) is 33.8. The zero-order valence-electron chi connectivity index (χ0n) is 34.7. The number of ether oxygens (including phenoxy) is 2. The van der Waals surface area contributed by atoms with Crippen LogP contribution in [0.25, 0.3) is 0 Å². The number of unbranched alkanes of at least 4 members (excludes halogenated alkanes) is 25. The molecule has 0 aromatic rings. The van der Waals surface area contributed by atoms with Gasteiger partial charge in [0.1, 0.15) is 24.4 Å². The van der Waals surface area contributed by atoms with Gasteiger partial charge < -0.3 is 40.3 Å². The van der Waals surface area contributed by atoms with Gasteiger partial charge in [-0.1, -0.05) is 173 Å². The zero-order chi connectivity index (χ0) is 39.5. The number of aliphatic hydroxyl groups is 5. The van der Waals surface area contributed by atoms with Gasteiger partial charge in [0.2, 0.25) is 5.91 Å². The van der Waals surface area contributed by atoms with Crippen LogP contribution in [0.15, 0.2) is 24.3 Å². The summed E-state index contributed by atoms with van der Waals surface area (Å²) in [6, 6.07) is -0.808. The van der Waals surface area contributed by atoms with Gasteiger partial charge in [0.05, 0.1) is 25.4 Å². The highest BCUT2D eigenvalue weighted by Crippen LogP contribution is 2.22. The van der Waals surface area contributed by atoms with Crippen LogP contribution < -0.4 is 5.32 Å². The van der Waals surface area contributed by atoms with Gasteiger partial charge in [-0.05, 0) is 44.9 Å². The van der Waals surface area contributed by atoms with Crippen molar-refractivity contribution in [1.82, 2.24) is 5.32 Å². The summed E-state index contributed by atoms with van der Waals surface area (Å²) >= 11 is 0. The summed E-state index contributed by atoms with van der Waals surface area (Å²) in [4.78, 5) is 12.9. The summed E-state index contributed by atoms with van der Waals surface area (Å²) in [5, 5.41) is 54.1. The molecule has 0 aromatic carbocycles. The highest BCUT2D eigenvalue weighted by molar-refractivity contribution is 5.76. The van der Waals surface area contributed by atoms with Crippen LogP contribution >= 0.6 is 0 Å². The largest absolute Gasteiger partial charge is 0.394 e. The molecule has 54 heavy (non-hydrogen) atoms. The number of hydrogen-bond acceptors (Lipinski definition) is 8. The van der Waals surface area contributed by atoms with Crippen molar-refractivity contribution < 1.29 is 39.8 Å². The third kappa shape index (κ3) is 26.5. The second-order valence-corrected chi connectivity index (χ2v) is 15.8. The third-order valence-electron chi connectivity index (χ3n) is 10.8. The van der Waals surface area contributed by atoms with E-state index in [0.29, 0.717) is 6.42 Å². The highest BCUT2D eigenvalue weighted by atomic mass is 16.7. The van der Waals surface area contributed by atoms with Crippen LogP contribution in [-0.4, -0.2) is 87.5 Å². The molecule has 318 valence electrons. The quantitative estimate of drug-likeness (QED) is 0.0271. The Morgan fingerprint density at radius 3 is 1.50 bits per heavy atom. The molecular weight excluding hydrogens is 682 g/mol. The second-order valence-electron chi connectivity index (χ2n) is 15.8. The van der Waals surface area contributed by atoms with E-state index in [0.717, 1.165) is 51.4 Å². The van der Waals surface area contributed by atoms with E-state index in [1.54, 1.807) is 6.08 Å². The van der Waals surface area contributed by atoms with Crippen molar-refractivity contribution in [2.24, 2.45) is 0 Å². The number of carbonyl (C=O) groups is 1. The average molecular weight is 768 g/mol. The fraction of sp³-hybridized carbons (Fsp3) is 0.889. The minimum Gasteiger partial charge on any atom is -0.394 e. The topological polar surface area (TPSA) is 149 Å². The summed E-state index contributed by atoms with van der Waals surface area (Å²) in [5.41, 5.74) is 0. The van der Waals surface area contributed by atoms with Crippen LogP contribution in [0.3, 0.4) is 0 Å². The SMILES string of the molecule is CCCCCCCC/C=C\CCCCCC(=O)NC(COC1OC(CO)C(O)C(O)C1O)C(O)/C=C/CCCCCCCCCCCCCCCCCC. The molecule has 0 aliphatic carbocycles. The Morgan fingerprint density at radius 1 is 0.611 bits per heavy atom. The van der Waals surface area contributed by atoms with Crippen LogP contribution in [0.1, 0.15) is 200 Å². The van der Waals surface area contributed by atoms with Gasteiger partial charge in [0.15, 0.2) is 6.29 Å². The Morgan fingerprint density at radius 2 is 1.04 bits per heavy atom. The maximum atomic E-state index is 12.9. The molecule has 1 aliphatic heterocycles. The predicted molar refractivity (Wildman–Crippen MR) is 221 cm³/mol. The molecule has 1 saturated heterocycles. The summed E-state index contributed by atoms with van der Waals surface area (Å²) in [6.45, 7) is 3.75. The molecule has 9 nitrogen and oxygen atoms in total. The summed E-state index contributed by atoms with van der Waals surface area (Å²) in [5.74, 6) is -0.193. The van der Waals surface area contributed by atoms with Gasteiger partial charge in [-0.25, -0.2) is 0 Å². The maximum Gasteiger partial charge on any atom is 0.220 e. The average Bonchev–Trinajstić information content (AvgIpc) is 3.17. The number of carbonyl (C=O) groups excluding carboxylic acids is 1. The van der Waals surface area contributed by atoms with E-state index in [2.05, 4.69) is 31.3 Å². The molecule has 1 heterocycles. The molecule has 9 heteroatoms. The van der Waals surface area contributed by atoms with Crippen molar-refractivity contribution in [2.75, 3.05) is 13.2 Å². The van der Waals surface area contributed by atoms with Gasteiger partial charge in [-0.3, -0.25) is 4.79 Å². The first kappa shape index (κ1) is 50.7. The minimum atomic E-state index is -1.57. The van der Waals surface area contributed by atoms with Crippen molar-refractivity contribution in [3.63, 3.8) is 0 Å². The van der Waals surface area contributed by atoms with Crippen LogP contribution in [-0.2, 0) is 14.3 Å². The van der Waals surface area contributed by atoms with Gasteiger partial charge in [-0.2, -0.15) is 0 Å². The highest BCUT2D eigenvalue weighted by Gasteiger charge is 2.44. The smallest absolute Gasteiger partial charge is 0.220 e. The number of hydrogen-bond donors (Lipinski definition) is 6. The first-order valence-corrected chi connectivity index (χ1v) is 22.6. The molecule has 1 rings (SSSR count). The fourth-order valence-electron chi connectivity index (χ4n) is 7.09. The summed E-state index contributed by atoms with van der Waals surface area (Å²) in [6.07, 6.45) is 35.0. The van der Waals surface area contributed by atoms with Crippen LogP contribution in [0.4, 0.5) is 0 Å². The first-order valence-electron chi connectivity index (χ1n) is 22.6. The Bertz CT molecular complexity index is 899. The first-order chi connectivity index (χ1) is 26.3. The van der Waals surface area contributed by atoms with Crippen LogP contribution in [0.2, 0.25) is 0 Å². The van der Waals surface area contributed by atoms with Gasteiger partial charge in [0.25, 0.3) is 0 Å². The molecular formula is C45H85NO8. The molecule has 0 spiro atoms. The predicted octanol–water partition coefficient (Wildman–Crippen LogP) is 9.11. The van der Waals surface area contributed by atoms with Crippen molar-refractivity contribution in [3.8, 4) is 0 Å². The molecule has 1 fully saturated rings. The second kappa shape index (κ2) is 36.0. The Labute approximate surface area is 330 Å². The van der Waals surface area contributed by atoms with Crippen LogP contribution in [0, 0.1) is 0 Å². The lowest BCUT2D eigenvalue weighted by Gasteiger charge is -2.40. The van der Waals surface area contributed by atoms with E-state index in [1.807, 2.05) is 6.08 Å². The Balaban J connectivity index is 2.38. The Hall–Kier alpha value is -1.33.